The molecule has 0 unspecified atom stereocenters. The molecule has 0 atom stereocenters. The van der Waals surface area contributed by atoms with Crippen molar-refractivity contribution in [3.05, 3.63) is 30.3 Å². The van der Waals surface area contributed by atoms with Crippen molar-refractivity contribution in [1.82, 2.24) is 10.6 Å². The summed E-state index contributed by atoms with van der Waals surface area (Å²) in [6, 6.07) is 9.24. The van der Waals surface area contributed by atoms with Crippen LogP contribution in [-0.2, 0) is 9.59 Å². The lowest BCUT2D eigenvalue weighted by Crippen LogP contribution is -2.31. The Hall–Kier alpha value is -1.88. The normalized spacial score (nSPS) is 9.71. The Morgan fingerprint density at radius 1 is 1.12 bits per heavy atom. The Morgan fingerprint density at radius 2 is 1.82 bits per heavy atom. The fraction of sp³-hybridized carbons (Fsp3) is 0.333. The maximum absolute atomic E-state index is 11.5. The van der Waals surface area contributed by atoms with Gasteiger partial charge in [-0.1, -0.05) is 18.2 Å². The van der Waals surface area contributed by atoms with Crippen LogP contribution in [0, 0.1) is 0 Å². The molecule has 5 heteroatoms. The number of nitrogens with one attached hydrogen (secondary N) is 3. The molecule has 0 fully saturated rings. The lowest BCUT2D eigenvalue weighted by molar-refractivity contribution is -0.121. The number of rotatable bonds is 6. The summed E-state index contributed by atoms with van der Waals surface area (Å²) in [5, 5.41) is 8.15. The molecule has 92 valence electrons. The number of para-hydroxylation sites is 1. The number of carbonyl (C=O) groups is 2. The van der Waals surface area contributed by atoms with Gasteiger partial charge in [-0.2, -0.15) is 0 Å². The zero-order valence-corrected chi connectivity index (χ0v) is 9.82. The minimum atomic E-state index is -0.117. The van der Waals surface area contributed by atoms with E-state index in [1.165, 1.54) is 0 Å². The first-order valence-electron chi connectivity index (χ1n) is 5.48. The molecule has 0 saturated heterocycles. The standard InChI is InChI=1S/C12H17N3O2/c1-13-11(16)7-8-14-9-12(17)15-10-5-3-2-4-6-10/h2-6,14H,7-9H2,1H3,(H,13,16)(H,15,17). The molecule has 0 aliphatic heterocycles. The number of benzene rings is 1. The van der Waals surface area contributed by atoms with E-state index in [2.05, 4.69) is 16.0 Å². The minimum Gasteiger partial charge on any atom is -0.359 e. The van der Waals surface area contributed by atoms with Crippen LogP contribution in [0.25, 0.3) is 0 Å². The van der Waals surface area contributed by atoms with Crippen LogP contribution in [0.1, 0.15) is 6.42 Å². The van der Waals surface area contributed by atoms with Crippen molar-refractivity contribution >= 4 is 17.5 Å². The van der Waals surface area contributed by atoms with Crippen LogP contribution in [0.3, 0.4) is 0 Å². The first kappa shape index (κ1) is 13.2. The Balaban J connectivity index is 2.16. The van der Waals surface area contributed by atoms with Crippen molar-refractivity contribution in [2.24, 2.45) is 0 Å². The lowest BCUT2D eigenvalue weighted by atomic mass is 10.3. The maximum Gasteiger partial charge on any atom is 0.238 e. The third kappa shape index (κ3) is 5.67. The van der Waals surface area contributed by atoms with Gasteiger partial charge in [0.1, 0.15) is 0 Å². The smallest absolute Gasteiger partial charge is 0.238 e. The van der Waals surface area contributed by atoms with E-state index >= 15 is 0 Å². The van der Waals surface area contributed by atoms with E-state index in [4.69, 9.17) is 0 Å². The predicted octanol–water partition coefficient (Wildman–Crippen LogP) is 0.351. The molecule has 1 aromatic carbocycles. The average molecular weight is 235 g/mol. The van der Waals surface area contributed by atoms with Gasteiger partial charge in [0.2, 0.25) is 11.8 Å². The Kier molecular flexibility index (Phi) is 5.74. The van der Waals surface area contributed by atoms with E-state index in [9.17, 15) is 9.59 Å². The zero-order valence-electron chi connectivity index (χ0n) is 9.82. The summed E-state index contributed by atoms with van der Waals surface area (Å²) >= 11 is 0. The average Bonchev–Trinajstić information content (AvgIpc) is 2.35. The molecule has 1 rings (SSSR count). The molecule has 2 amide bonds. The molecule has 0 spiro atoms. The highest BCUT2D eigenvalue weighted by Crippen LogP contribution is 2.03. The Morgan fingerprint density at radius 3 is 2.47 bits per heavy atom. The summed E-state index contributed by atoms with van der Waals surface area (Å²) in [6.45, 7) is 0.688. The van der Waals surface area contributed by atoms with Crippen molar-refractivity contribution in [3.63, 3.8) is 0 Å². The highest BCUT2D eigenvalue weighted by molar-refractivity contribution is 5.92. The Bertz CT molecular complexity index is 365. The van der Waals surface area contributed by atoms with Crippen LogP contribution in [0.5, 0.6) is 0 Å². The molecule has 0 saturated carbocycles. The second-order valence-electron chi connectivity index (χ2n) is 3.51. The SMILES string of the molecule is CNC(=O)CCNCC(=O)Nc1ccccc1. The zero-order chi connectivity index (χ0) is 12.5. The molecule has 0 aliphatic carbocycles. The van der Waals surface area contributed by atoms with Gasteiger partial charge in [0.25, 0.3) is 0 Å². The quantitative estimate of drug-likeness (QED) is 0.623. The van der Waals surface area contributed by atoms with Crippen LogP contribution in [0.2, 0.25) is 0 Å². The van der Waals surface area contributed by atoms with Crippen molar-refractivity contribution < 1.29 is 9.59 Å². The number of amides is 2. The highest BCUT2D eigenvalue weighted by atomic mass is 16.2. The van der Waals surface area contributed by atoms with Gasteiger partial charge < -0.3 is 16.0 Å². The number of carbonyl (C=O) groups excluding carboxylic acids is 2. The van der Waals surface area contributed by atoms with Gasteiger partial charge in [0.15, 0.2) is 0 Å². The maximum atomic E-state index is 11.5. The molecule has 5 nitrogen and oxygen atoms in total. The van der Waals surface area contributed by atoms with Gasteiger partial charge in [-0.05, 0) is 12.1 Å². The van der Waals surface area contributed by atoms with E-state index in [0.29, 0.717) is 13.0 Å². The molecule has 17 heavy (non-hydrogen) atoms. The van der Waals surface area contributed by atoms with Crippen LogP contribution in [-0.4, -0.2) is 32.0 Å². The van der Waals surface area contributed by atoms with Crippen molar-refractivity contribution in [2.75, 3.05) is 25.5 Å². The number of hydrogen-bond acceptors (Lipinski definition) is 3. The molecule has 0 bridgehead atoms. The van der Waals surface area contributed by atoms with Crippen LogP contribution in [0.4, 0.5) is 5.69 Å². The fourth-order valence-corrected chi connectivity index (χ4v) is 1.26. The summed E-state index contributed by atoms with van der Waals surface area (Å²) in [5.74, 6) is -0.158. The molecular formula is C12H17N3O2. The summed E-state index contributed by atoms with van der Waals surface area (Å²) in [4.78, 5) is 22.3. The third-order valence-electron chi connectivity index (χ3n) is 2.15. The summed E-state index contributed by atoms with van der Waals surface area (Å²) < 4.78 is 0. The van der Waals surface area contributed by atoms with E-state index in [1.54, 1.807) is 7.05 Å². The van der Waals surface area contributed by atoms with E-state index in [0.717, 1.165) is 5.69 Å². The van der Waals surface area contributed by atoms with Gasteiger partial charge >= 0.3 is 0 Å². The monoisotopic (exact) mass is 235 g/mol. The molecule has 0 heterocycles. The van der Waals surface area contributed by atoms with Crippen LogP contribution >= 0.6 is 0 Å². The number of hydrogen-bond donors (Lipinski definition) is 3. The van der Waals surface area contributed by atoms with Gasteiger partial charge in [-0.3, -0.25) is 9.59 Å². The first-order chi connectivity index (χ1) is 8.22. The third-order valence-corrected chi connectivity index (χ3v) is 2.15. The predicted molar refractivity (Wildman–Crippen MR) is 66.6 cm³/mol. The van der Waals surface area contributed by atoms with Gasteiger partial charge in [0.05, 0.1) is 6.54 Å². The van der Waals surface area contributed by atoms with Crippen molar-refractivity contribution in [2.45, 2.75) is 6.42 Å². The lowest BCUT2D eigenvalue weighted by Gasteiger charge is -2.06. The molecule has 0 aromatic heterocycles. The summed E-state index contributed by atoms with van der Waals surface area (Å²) in [7, 11) is 1.59. The summed E-state index contributed by atoms with van der Waals surface area (Å²) in [6.07, 6.45) is 0.370. The van der Waals surface area contributed by atoms with Gasteiger partial charge in [-0.25, -0.2) is 0 Å². The van der Waals surface area contributed by atoms with Crippen LogP contribution < -0.4 is 16.0 Å². The van der Waals surface area contributed by atoms with Crippen molar-refractivity contribution in [1.29, 1.82) is 0 Å². The fourth-order valence-electron chi connectivity index (χ4n) is 1.26. The van der Waals surface area contributed by atoms with E-state index in [1.807, 2.05) is 30.3 Å². The molecule has 1 aromatic rings. The molecule has 3 N–H and O–H groups in total. The largest absolute Gasteiger partial charge is 0.359 e. The topological polar surface area (TPSA) is 70.2 Å². The minimum absolute atomic E-state index is 0.0408. The van der Waals surface area contributed by atoms with E-state index < -0.39 is 0 Å². The first-order valence-corrected chi connectivity index (χ1v) is 5.48. The van der Waals surface area contributed by atoms with Gasteiger partial charge in [-0.15, -0.1) is 0 Å². The second-order valence-corrected chi connectivity index (χ2v) is 3.51. The Labute approximate surface area is 101 Å². The van der Waals surface area contributed by atoms with Crippen LogP contribution in [0.15, 0.2) is 30.3 Å². The summed E-state index contributed by atoms with van der Waals surface area (Å²) in [5.41, 5.74) is 0.769. The van der Waals surface area contributed by atoms with Gasteiger partial charge in [0, 0.05) is 25.7 Å². The number of anilines is 1. The molecular weight excluding hydrogens is 218 g/mol. The highest BCUT2D eigenvalue weighted by Gasteiger charge is 2.02. The second kappa shape index (κ2) is 7.40. The molecule has 0 aliphatic rings. The van der Waals surface area contributed by atoms with E-state index in [-0.39, 0.29) is 18.4 Å². The molecule has 0 radical (unpaired) electrons. The van der Waals surface area contributed by atoms with Crippen molar-refractivity contribution in [3.8, 4) is 0 Å².